The second kappa shape index (κ2) is 7.86. The van der Waals surface area contributed by atoms with E-state index in [2.05, 4.69) is 10.6 Å². The molecule has 5 amide bonds. The van der Waals surface area contributed by atoms with Crippen molar-refractivity contribution in [2.75, 3.05) is 10.2 Å². The molecule has 2 atom stereocenters. The monoisotopic (exact) mass is 472 g/mol. The number of rotatable bonds is 2. The zero-order valence-electron chi connectivity index (χ0n) is 17.7. The highest BCUT2D eigenvalue weighted by Gasteiger charge is 2.50. The molecule has 2 N–H and O–H groups in total. The Hall–Kier alpha value is -3.89. The number of hydrogen-bond acceptors (Lipinski definition) is 4. The molecule has 0 aliphatic carbocycles. The van der Waals surface area contributed by atoms with E-state index in [1.807, 2.05) is 0 Å². The maximum absolute atomic E-state index is 13.7. The van der Waals surface area contributed by atoms with Gasteiger partial charge >= 0.3 is 12.2 Å². The highest BCUT2D eigenvalue weighted by atomic mass is 19.4. The molecule has 2 aromatic carbocycles. The summed E-state index contributed by atoms with van der Waals surface area (Å²) in [6, 6.07) is 6.95. The number of hydrogen-bond donors (Lipinski definition) is 2. The van der Waals surface area contributed by atoms with Gasteiger partial charge in [-0.2, -0.15) is 13.2 Å². The van der Waals surface area contributed by atoms with Crippen molar-refractivity contribution in [2.24, 2.45) is 0 Å². The third kappa shape index (κ3) is 3.66. The molecule has 0 radical (unpaired) electrons. The molecule has 0 bridgehead atoms. The van der Waals surface area contributed by atoms with E-state index in [1.165, 1.54) is 29.2 Å². The number of carbonyl (C=O) groups is 4. The highest BCUT2D eigenvalue weighted by molar-refractivity contribution is 6.07. The molecular weight excluding hydrogens is 453 g/mol. The lowest BCUT2D eigenvalue weighted by molar-refractivity contribution is -0.145. The number of para-hydroxylation sites is 1. The van der Waals surface area contributed by atoms with Crippen molar-refractivity contribution in [3.05, 3.63) is 59.2 Å². The Bertz CT molecular complexity index is 1230. The van der Waals surface area contributed by atoms with E-state index in [1.54, 1.807) is 18.2 Å². The van der Waals surface area contributed by atoms with E-state index in [9.17, 15) is 32.3 Å². The molecule has 1 fully saturated rings. The molecule has 8 nitrogen and oxygen atoms in total. The van der Waals surface area contributed by atoms with Crippen LogP contribution >= 0.6 is 0 Å². The zero-order valence-corrected chi connectivity index (χ0v) is 17.7. The summed E-state index contributed by atoms with van der Waals surface area (Å²) in [6.07, 6.45) is -4.60. The van der Waals surface area contributed by atoms with Crippen molar-refractivity contribution in [3.8, 4) is 0 Å². The van der Waals surface area contributed by atoms with Gasteiger partial charge in [0.1, 0.15) is 12.1 Å². The van der Waals surface area contributed by atoms with Crippen LogP contribution in [0.3, 0.4) is 0 Å². The van der Waals surface area contributed by atoms with E-state index in [4.69, 9.17) is 0 Å². The smallest absolute Gasteiger partial charge is 0.322 e. The van der Waals surface area contributed by atoms with Gasteiger partial charge in [0, 0.05) is 36.3 Å². The maximum atomic E-state index is 13.7. The van der Waals surface area contributed by atoms with Crippen molar-refractivity contribution in [2.45, 2.75) is 44.1 Å². The fourth-order valence-electron chi connectivity index (χ4n) is 4.73. The molecule has 5 rings (SSSR count). The third-order valence-corrected chi connectivity index (χ3v) is 6.35. The molecule has 0 aromatic heterocycles. The number of piperidine rings is 1. The van der Waals surface area contributed by atoms with Crippen molar-refractivity contribution >= 4 is 35.1 Å². The summed E-state index contributed by atoms with van der Waals surface area (Å²) < 4.78 is 41.0. The Morgan fingerprint density at radius 2 is 1.82 bits per heavy atom. The van der Waals surface area contributed by atoms with Gasteiger partial charge in [-0.15, -0.1) is 0 Å². The van der Waals surface area contributed by atoms with E-state index >= 15 is 0 Å². The fraction of sp³-hybridized carbons (Fsp3) is 0.304. The quantitative estimate of drug-likeness (QED) is 0.657. The fourth-order valence-corrected chi connectivity index (χ4v) is 4.73. The van der Waals surface area contributed by atoms with Gasteiger partial charge in [0.25, 0.3) is 5.91 Å². The SMILES string of the molecule is O=C1CC[C@H](N2Cc3cc(NC(=O)N4c5ccccc5C[C@@H]4C(F)(F)F)ccc3C2=O)C(=O)N1. The molecule has 0 saturated carbocycles. The topological polar surface area (TPSA) is 98.8 Å². The van der Waals surface area contributed by atoms with Crippen molar-refractivity contribution < 1.29 is 32.3 Å². The summed E-state index contributed by atoms with van der Waals surface area (Å²) >= 11 is 0. The third-order valence-electron chi connectivity index (χ3n) is 6.35. The number of fused-ring (bicyclic) bond motifs is 2. The first-order valence-electron chi connectivity index (χ1n) is 10.7. The average Bonchev–Trinajstić information content (AvgIpc) is 3.32. The largest absolute Gasteiger partial charge is 0.409 e. The normalized spacial score (nSPS) is 21.9. The van der Waals surface area contributed by atoms with Crippen LogP contribution in [0.5, 0.6) is 0 Å². The number of amides is 5. The standard InChI is InChI=1S/C23H19F3N4O4/c24-23(25,26)18-10-12-3-1-2-4-16(12)30(18)22(34)27-14-5-6-15-13(9-14)11-29(21(15)33)17-7-8-19(31)28-20(17)32/h1-6,9,17-18H,7-8,10-11H2,(H,27,34)(H,28,31,32)/t17-,18+/m0/s1. The number of benzene rings is 2. The summed E-state index contributed by atoms with van der Waals surface area (Å²) in [4.78, 5) is 51.4. The van der Waals surface area contributed by atoms with Crippen molar-refractivity contribution in [3.63, 3.8) is 0 Å². The van der Waals surface area contributed by atoms with Crippen LogP contribution in [0.25, 0.3) is 0 Å². The van der Waals surface area contributed by atoms with Crippen LogP contribution in [-0.4, -0.2) is 46.9 Å². The summed E-state index contributed by atoms with van der Waals surface area (Å²) in [6.45, 7) is 0.0852. The van der Waals surface area contributed by atoms with Gasteiger partial charge in [0.15, 0.2) is 0 Å². The predicted molar refractivity (Wildman–Crippen MR) is 114 cm³/mol. The number of carbonyl (C=O) groups excluding carboxylic acids is 4. The Labute approximate surface area is 191 Å². The molecule has 3 heterocycles. The van der Waals surface area contributed by atoms with Crippen LogP contribution in [0.1, 0.15) is 34.3 Å². The van der Waals surface area contributed by atoms with Crippen molar-refractivity contribution in [1.82, 2.24) is 10.2 Å². The second-order valence-corrected chi connectivity index (χ2v) is 8.46. The average molecular weight is 472 g/mol. The molecule has 0 spiro atoms. The summed E-state index contributed by atoms with van der Waals surface area (Å²) in [5.41, 5.74) is 1.72. The lowest BCUT2D eigenvalue weighted by Gasteiger charge is -2.29. The van der Waals surface area contributed by atoms with E-state index in [-0.39, 0.29) is 43.1 Å². The van der Waals surface area contributed by atoms with Crippen LogP contribution in [-0.2, 0) is 22.6 Å². The van der Waals surface area contributed by atoms with Crippen LogP contribution in [0.15, 0.2) is 42.5 Å². The Balaban J connectivity index is 1.36. The molecule has 34 heavy (non-hydrogen) atoms. The van der Waals surface area contributed by atoms with Gasteiger partial charge < -0.3 is 10.2 Å². The molecule has 1 saturated heterocycles. The van der Waals surface area contributed by atoms with Gasteiger partial charge in [0.05, 0.1) is 0 Å². The molecule has 3 aliphatic rings. The molecule has 0 unspecified atom stereocenters. The predicted octanol–water partition coefficient (Wildman–Crippen LogP) is 2.97. The lowest BCUT2D eigenvalue weighted by atomic mass is 10.0. The van der Waals surface area contributed by atoms with E-state index in [0.717, 1.165) is 0 Å². The first-order valence-corrected chi connectivity index (χ1v) is 10.7. The Morgan fingerprint density at radius 3 is 2.56 bits per heavy atom. The number of nitrogens with one attached hydrogen (secondary N) is 2. The lowest BCUT2D eigenvalue weighted by Crippen LogP contribution is -2.52. The van der Waals surface area contributed by atoms with Crippen LogP contribution < -0.4 is 15.5 Å². The molecule has 3 aliphatic heterocycles. The van der Waals surface area contributed by atoms with Crippen LogP contribution in [0.4, 0.5) is 29.3 Å². The minimum Gasteiger partial charge on any atom is -0.322 e. The molecule has 2 aromatic rings. The zero-order chi connectivity index (χ0) is 24.2. The first kappa shape index (κ1) is 21.9. The highest BCUT2D eigenvalue weighted by Crippen LogP contribution is 2.40. The van der Waals surface area contributed by atoms with Crippen LogP contribution in [0, 0.1) is 0 Å². The first-order chi connectivity index (χ1) is 16.1. The number of anilines is 2. The summed E-state index contributed by atoms with van der Waals surface area (Å²) in [7, 11) is 0. The van der Waals surface area contributed by atoms with E-state index in [0.29, 0.717) is 21.6 Å². The van der Waals surface area contributed by atoms with Gasteiger partial charge in [0.2, 0.25) is 11.8 Å². The number of alkyl halides is 3. The molecular formula is C23H19F3N4O4. The number of imide groups is 1. The minimum atomic E-state index is -4.61. The van der Waals surface area contributed by atoms with Gasteiger partial charge in [-0.1, -0.05) is 18.2 Å². The van der Waals surface area contributed by atoms with Gasteiger partial charge in [-0.25, -0.2) is 4.79 Å². The summed E-state index contributed by atoms with van der Waals surface area (Å²) in [5, 5.41) is 4.73. The molecule has 176 valence electrons. The summed E-state index contributed by atoms with van der Waals surface area (Å²) in [5.74, 6) is -1.32. The van der Waals surface area contributed by atoms with Gasteiger partial charge in [-0.05, 0) is 41.8 Å². The number of nitrogens with zero attached hydrogens (tertiary/aromatic N) is 2. The van der Waals surface area contributed by atoms with E-state index < -0.39 is 36.1 Å². The Kier molecular flexibility index (Phi) is 5.07. The maximum Gasteiger partial charge on any atom is 0.409 e. The second-order valence-electron chi connectivity index (χ2n) is 8.46. The number of halogens is 3. The van der Waals surface area contributed by atoms with Crippen LogP contribution in [0.2, 0.25) is 0 Å². The molecule has 11 heteroatoms. The van der Waals surface area contributed by atoms with Gasteiger partial charge in [-0.3, -0.25) is 24.6 Å². The van der Waals surface area contributed by atoms with Crippen molar-refractivity contribution in [1.29, 1.82) is 0 Å². The number of urea groups is 1. The minimum absolute atomic E-state index is 0.0852. The Morgan fingerprint density at radius 1 is 1.06 bits per heavy atom.